The highest BCUT2D eigenvalue weighted by Gasteiger charge is 2.48. The lowest BCUT2D eigenvalue weighted by Crippen LogP contribution is -2.57. The highest BCUT2D eigenvalue weighted by atomic mass is 32.2. The third kappa shape index (κ3) is 2.98. The highest BCUT2D eigenvalue weighted by Crippen LogP contribution is 2.44. The summed E-state index contributed by atoms with van der Waals surface area (Å²) in [7, 11) is 1.67. The maximum atomic E-state index is 11.8. The minimum absolute atomic E-state index is 0.0589. The Morgan fingerprint density at radius 1 is 1.50 bits per heavy atom. The summed E-state index contributed by atoms with van der Waals surface area (Å²) in [6.45, 7) is 1.37. The number of carboxylic acids is 1. The maximum Gasteiger partial charge on any atom is 0.352 e. The zero-order valence-corrected chi connectivity index (χ0v) is 14.4. The average molecular weight is 370 g/mol. The number of tetrazole rings is 1. The predicted octanol–water partition coefficient (Wildman–Crippen LogP) is -0.592. The Labute approximate surface area is 145 Å². The zero-order valence-electron chi connectivity index (χ0n) is 12.8. The predicted molar refractivity (Wildman–Crippen MR) is 84.6 cm³/mol. The second-order valence-corrected chi connectivity index (χ2v) is 7.42. The second kappa shape index (κ2) is 6.43. The van der Waals surface area contributed by atoms with Gasteiger partial charge in [-0.1, -0.05) is 11.8 Å². The van der Waals surface area contributed by atoms with Crippen molar-refractivity contribution >= 4 is 41.3 Å². The van der Waals surface area contributed by atoms with E-state index in [0.717, 1.165) is 0 Å². The van der Waals surface area contributed by atoms with Gasteiger partial charge in [0, 0.05) is 25.3 Å². The summed E-state index contributed by atoms with van der Waals surface area (Å²) in [6, 6.07) is 0. The van der Waals surface area contributed by atoms with Crippen molar-refractivity contribution in [3.63, 3.8) is 0 Å². The second-order valence-electron chi connectivity index (χ2n) is 5.19. The van der Waals surface area contributed by atoms with Crippen molar-refractivity contribution in [1.29, 1.82) is 0 Å². The van der Waals surface area contributed by atoms with Crippen LogP contribution in [0.15, 0.2) is 16.4 Å². The lowest BCUT2D eigenvalue weighted by molar-refractivity contribution is -0.146. The van der Waals surface area contributed by atoms with E-state index in [1.165, 1.54) is 40.0 Å². The van der Waals surface area contributed by atoms with Gasteiger partial charge in [0.1, 0.15) is 11.1 Å². The Bertz CT molecular complexity index is 748. The minimum Gasteiger partial charge on any atom is -0.477 e. The number of aliphatic carboxylic acids is 1. The van der Waals surface area contributed by atoms with Crippen molar-refractivity contribution < 1.29 is 19.5 Å². The Kier molecular flexibility index (Phi) is 4.49. The number of amides is 2. The van der Waals surface area contributed by atoms with E-state index in [2.05, 4.69) is 20.8 Å². The first-order valence-corrected chi connectivity index (χ1v) is 8.87. The van der Waals surface area contributed by atoms with Gasteiger partial charge in [-0.2, -0.15) is 0 Å². The number of nitrogens with zero attached hydrogens (tertiary/aromatic N) is 5. The molecular formula is C12H14N6O4S2. The number of aromatic nitrogens is 4. The van der Waals surface area contributed by atoms with Gasteiger partial charge in [-0.25, -0.2) is 9.48 Å². The number of hydrogen-bond donors (Lipinski definition) is 2. The molecule has 0 aliphatic carbocycles. The Balaban J connectivity index is 1.93. The number of hydrogen-bond acceptors (Lipinski definition) is 8. The molecule has 2 atom stereocenters. The quantitative estimate of drug-likeness (QED) is 0.516. The number of thioether (sulfide) groups is 2. The van der Waals surface area contributed by atoms with Crippen LogP contribution in [0.4, 0.5) is 0 Å². The van der Waals surface area contributed by atoms with E-state index in [1.807, 2.05) is 0 Å². The molecule has 2 amide bonds. The Morgan fingerprint density at radius 3 is 2.79 bits per heavy atom. The molecular weight excluding hydrogens is 356 g/mol. The van der Waals surface area contributed by atoms with Gasteiger partial charge in [0.05, 0.1) is 11.8 Å². The first-order valence-electron chi connectivity index (χ1n) is 6.94. The molecule has 1 aromatic rings. The molecule has 0 radical (unpaired) electrons. The van der Waals surface area contributed by atoms with Gasteiger partial charge in [-0.05, 0) is 10.4 Å². The van der Waals surface area contributed by atoms with E-state index < -0.39 is 11.3 Å². The van der Waals surface area contributed by atoms with Crippen molar-refractivity contribution in [3.8, 4) is 0 Å². The summed E-state index contributed by atoms with van der Waals surface area (Å²) in [6.07, 6.45) is 0.269. The molecule has 0 saturated carbocycles. The van der Waals surface area contributed by atoms with E-state index in [-0.39, 0.29) is 35.1 Å². The molecule has 1 fully saturated rings. The van der Waals surface area contributed by atoms with Crippen LogP contribution < -0.4 is 5.32 Å². The number of carbonyl (C=O) groups excluding carboxylic acids is 2. The van der Waals surface area contributed by atoms with E-state index in [1.54, 1.807) is 7.05 Å². The largest absolute Gasteiger partial charge is 0.477 e. The van der Waals surface area contributed by atoms with Crippen LogP contribution in [0, 0.1) is 0 Å². The van der Waals surface area contributed by atoms with Gasteiger partial charge >= 0.3 is 5.97 Å². The van der Waals surface area contributed by atoms with E-state index in [0.29, 0.717) is 10.7 Å². The lowest BCUT2D eigenvalue weighted by atomic mass is 10.1. The maximum absolute atomic E-state index is 11.8. The van der Waals surface area contributed by atoms with Gasteiger partial charge in [0.25, 0.3) is 0 Å². The molecule has 24 heavy (non-hydrogen) atoms. The number of rotatable bonds is 5. The molecule has 2 aliphatic rings. The van der Waals surface area contributed by atoms with E-state index in [9.17, 15) is 19.5 Å². The van der Waals surface area contributed by atoms with Gasteiger partial charge < -0.3 is 10.4 Å². The summed E-state index contributed by atoms with van der Waals surface area (Å²) in [5.41, 5.74) is 0.399. The normalized spacial score (nSPS) is 22.9. The molecule has 1 aromatic heterocycles. The molecule has 10 nitrogen and oxygen atoms in total. The fourth-order valence-electron chi connectivity index (χ4n) is 2.46. The number of carboxylic acid groups (broad SMARTS) is 1. The molecule has 2 N–H and O–H groups in total. The Hall–Kier alpha value is -2.08. The molecule has 1 saturated heterocycles. The summed E-state index contributed by atoms with van der Waals surface area (Å²) in [4.78, 5) is 36.3. The summed E-state index contributed by atoms with van der Waals surface area (Å²) in [5, 5.41) is 23.2. The van der Waals surface area contributed by atoms with Crippen LogP contribution in [-0.2, 0) is 21.4 Å². The molecule has 2 aliphatic heterocycles. The molecule has 0 spiro atoms. The molecule has 3 rings (SSSR count). The number of fused-ring (bicyclic) bond motifs is 1. The van der Waals surface area contributed by atoms with Crippen molar-refractivity contribution in [3.05, 3.63) is 11.3 Å². The smallest absolute Gasteiger partial charge is 0.352 e. The lowest BCUT2D eigenvalue weighted by Gasteiger charge is -2.46. The fraction of sp³-hybridized carbons (Fsp3) is 0.500. The van der Waals surface area contributed by atoms with Crippen molar-refractivity contribution in [2.45, 2.75) is 29.2 Å². The van der Waals surface area contributed by atoms with Crippen LogP contribution in [0.5, 0.6) is 0 Å². The molecule has 128 valence electrons. The average Bonchev–Trinajstić information content (AvgIpc) is 2.89. The zero-order chi connectivity index (χ0) is 17.4. The van der Waals surface area contributed by atoms with Gasteiger partial charge in [-0.3, -0.25) is 14.5 Å². The monoisotopic (exact) mass is 370 g/mol. The van der Waals surface area contributed by atoms with Crippen LogP contribution in [0.1, 0.15) is 13.3 Å². The molecule has 1 unspecified atom stereocenters. The summed E-state index contributed by atoms with van der Waals surface area (Å²) < 4.78 is 1.46. The van der Waals surface area contributed by atoms with Crippen molar-refractivity contribution in [2.24, 2.45) is 7.05 Å². The first kappa shape index (κ1) is 16.8. The third-order valence-corrected chi connectivity index (χ3v) is 5.96. The molecule has 0 aromatic carbocycles. The first-order chi connectivity index (χ1) is 11.4. The molecule has 0 bridgehead atoms. The van der Waals surface area contributed by atoms with Crippen molar-refractivity contribution in [1.82, 2.24) is 30.4 Å². The molecule has 12 heteroatoms. The van der Waals surface area contributed by atoms with Crippen LogP contribution in [-0.4, -0.2) is 64.5 Å². The van der Waals surface area contributed by atoms with Crippen LogP contribution in [0.2, 0.25) is 0 Å². The van der Waals surface area contributed by atoms with Crippen LogP contribution in [0.25, 0.3) is 0 Å². The SMILES string of the molecule is CC(=O)NC1S[C@@H]2CC(=O)N2C(C(=O)O)=C1CSc1nnnn1C. The van der Waals surface area contributed by atoms with Gasteiger partial charge in [-0.15, -0.1) is 16.9 Å². The summed E-state index contributed by atoms with van der Waals surface area (Å²) >= 11 is 2.61. The number of carbonyl (C=O) groups is 3. The fourth-order valence-corrected chi connectivity index (χ4v) is 4.96. The minimum atomic E-state index is -1.18. The molecule has 3 heterocycles. The number of nitrogens with one attached hydrogen (secondary N) is 1. The number of aryl methyl sites for hydroxylation is 1. The van der Waals surface area contributed by atoms with Gasteiger partial charge in [0.2, 0.25) is 17.0 Å². The highest BCUT2D eigenvalue weighted by molar-refractivity contribution is 8.01. The van der Waals surface area contributed by atoms with Crippen molar-refractivity contribution in [2.75, 3.05) is 5.75 Å². The third-order valence-electron chi connectivity index (χ3n) is 3.54. The summed E-state index contributed by atoms with van der Waals surface area (Å²) in [5.74, 6) is -1.44. The number of β-lactam (4-membered cyclic amide) rings is 1. The standard InChI is InChI=1S/C12H14N6O4S2/c1-5(19)13-10-6(4-23-12-14-15-16-17(12)2)9(11(21)22)18-7(20)3-8(18)24-10/h8,10H,3-4H2,1-2H3,(H,13,19)(H,21,22)/t8-,10?/m1/s1. The van der Waals surface area contributed by atoms with Crippen LogP contribution in [0.3, 0.4) is 0 Å². The van der Waals surface area contributed by atoms with E-state index >= 15 is 0 Å². The topological polar surface area (TPSA) is 130 Å². The Morgan fingerprint density at radius 2 is 2.25 bits per heavy atom. The van der Waals surface area contributed by atoms with Crippen LogP contribution >= 0.6 is 23.5 Å². The van der Waals surface area contributed by atoms with E-state index in [4.69, 9.17) is 0 Å². The van der Waals surface area contributed by atoms with Gasteiger partial charge in [0.15, 0.2) is 0 Å².